The lowest BCUT2D eigenvalue weighted by atomic mass is 9.67. The van der Waals surface area contributed by atoms with Crippen LogP contribution in [0.2, 0.25) is 0 Å². The Labute approximate surface area is 230 Å². The van der Waals surface area contributed by atoms with Crippen molar-refractivity contribution >= 4 is 33.1 Å². The third-order valence-corrected chi connectivity index (χ3v) is 9.47. The minimum Gasteiger partial charge on any atom is -0.433 e. The number of nitrogens with zero attached hydrogens (tertiary/aromatic N) is 3. The van der Waals surface area contributed by atoms with Crippen molar-refractivity contribution in [3.8, 4) is 0 Å². The molecule has 2 N–H and O–H groups in total. The minimum absolute atomic E-state index is 0.0118. The Morgan fingerprint density at radius 3 is 2.65 bits per heavy atom. The van der Waals surface area contributed by atoms with Gasteiger partial charge in [-0.1, -0.05) is 6.07 Å². The van der Waals surface area contributed by atoms with Crippen molar-refractivity contribution in [1.82, 2.24) is 4.31 Å². The van der Waals surface area contributed by atoms with E-state index in [4.69, 9.17) is 10.5 Å². The number of carbonyl (C=O) groups is 1. The predicted molar refractivity (Wildman–Crippen MR) is 145 cm³/mol. The van der Waals surface area contributed by atoms with Crippen LogP contribution in [0.15, 0.2) is 81.8 Å². The molecule has 40 heavy (non-hydrogen) atoms. The van der Waals surface area contributed by atoms with E-state index in [0.717, 1.165) is 0 Å². The number of sulfonamides is 1. The zero-order chi connectivity index (χ0) is 28.5. The summed E-state index contributed by atoms with van der Waals surface area (Å²) >= 11 is 0. The summed E-state index contributed by atoms with van der Waals surface area (Å²) in [5.74, 6) is -1.32. The number of rotatable bonds is 6. The maximum absolute atomic E-state index is 13.8. The van der Waals surface area contributed by atoms with Crippen LogP contribution in [0, 0.1) is 11.2 Å². The number of nitrogens with two attached hydrogens (primary N) is 1. The van der Waals surface area contributed by atoms with E-state index in [0.29, 0.717) is 41.2 Å². The number of allylic oxidation sites excluding steroid dienone is 2. The second-order valence-electron chi connectivity index (χ2n) is 10.1. The molecule has 2 saturated heterocycles. The van der Waals surface area contributed by atoms with Crippen LogP contribution < -0.4 is 10.6 Å². The van der Waals surface area contributed by atoms with Crippen molar-refractivity contribution in [3.63, 3.8) is 0 Å². The Hall–Kier alpha value is -3.64. The lowest BCUT2D eigenvalue weighted by Crippen LogP contribution is -2.53. The fraction of sp³-hybridized carbons (Fsp3) is 0.357. The molecule has 5 rings (SSSR count). The van der Waals surface area contributed by atoms with Gasteiger partial charge in [-0.3, -0.25) is 4.79 Å². The normalized spacial score (nSPS) is 25.6. The number of carbonyl (C=O) groups excluding carboxylic acids is 1. The molecule has 1 aliphatic carbocycles. The lowest BCUT2D eigenvalue weighted by molar-refractivity contribution is -0.159. The van der Waals surface area contributed by atoms with E-state index in [1.807, 2.05) is 0 Å². The molecule has 3 aliphatic rings. The van der Waals surface area contributed by atoms with Crippen LogP contribution in [-0.2, 0) is 19.6 Å². The van der Waals surface area contributed by atoms with E-state index in [1.165, 1.54) is 46.9 Å². The van der Waals surface area contributed by atoms with Crippen LogP contribution in [-0.4, -0.2) is 63.6 Å². The summed E-state index contributed by atoms with van der Waals surface area (Å²) in [6, 6.07) is 11.8. The average Bonchev–Trinajstić information content (AvgIpc) is 3.40. The van der Waals surface area contributed by atoms with Gasteiger partial charge in [0.15, 0.2) is 0 Å². The number of hydrogen-bond donors (Lipinski definition) is 1. The van der Waals surface area contributed by atoms with Crippen molar-refractivity contribution in [1.29, 1.82) is 0 Å². The highest BCUT2D eigenvalue weighted by molar-refractivity contribution is 7.89. The van der Waals surface area contributed by atoms with Gasteiger partial charge in [-0.05, 0) is 85.1 Å². The smallest absolute Gasteiger partial charge is 0.320 e. The second kappa shape index (κ2) is 11.1. The molecule has 2 aliphatic heterocycles. The summed E-state index contributed by atoms with van der Waals surface area (Å²) in [5, 5.41) is 0. The molecule has 8 nitrogen and oxygen atoms in total. The van der Waals surface area contributed by atoms with Gasteiger partial charge >= 0.3 is 5.97 Å². The number of halogens is 3. The molecule has 2 atom stereocenters. The molecule has 2 fully saturated rings. The minimum atomic E-state index is -4.09. The Morgan fingerprint density at radius 1 is 1.20 bits per heavy atom. The van der Waals surface area contributed by atoms with E-state index in [-0.39, 0.29) is 37.4 Å². The molecule has 212 valence electrons. The topological polar surface area (TPSA) is 105 Å². The fourth-order valence-electron chi connectivity index (χ4n) is 5.52. The van der Waals surface area contributed by atoms with Gasteiger partial charge in [0, 0.05) is 31.9 Å². The first-order valence-corrected chi connectivity index (χ1v) is 14.3. The van der Waals surface area contributed by atoms with E-state index < -0.39 is 40.3 Å². The highest BCUT2D eigenvalue weighted by Gasteiger charge is 2.52. The maximum atomic E-state index is 13.8. The Kier molecular flexibility index (Phi) is 7.74. The van der Waals surface area contributed by atoms with Gasteiger partial charge in [0.1, 0.15) is 17.4 Å². The molecule has 2 heterocycles. The first-order chi connectivity index (χ1) is 19.2. The number of fused-ring (bicyclic) bond motifs is 1. The fourth-order valence-corrected chi connectivity index (χ4v) is 7.07. The SMILES string of the molecule is NC=C1C[C@]2(C(=O)OCF)CN(S(=O)(=O)c3cccc(N4CC[C@@H](F)C4)c3)CCC2=CC1=Nc1ccc(F)cc1. The van der Waals surface area contributed by atoms with Gasteiger partial charge in [0.25, 0.3) is 0 Å². The third kappa shape index (κ3) is 5.25. The monoisotopic (exact) mass is 574 g/mol. The molecule has 2 aromatic carbocycles. The molecule has 0 radical (unpaired) electrons. The van der Waals surface area contributed by atoms with Crippen LogP contribution in [0.5, 0.6) is 0 Å². The summed E-state index contributed by atoms with van der Waals surface area (Å²) in [4.78, 5) is 19.6. The molecule has 0 bridgehead atoms. The summed E-state index contributed by atoms with van der Waals surface area (Å²) in [7, 11) is -4.09. The number of anilines is 1. The van der Waals surface area contributed by atoms with E-state index in [2.05, 4.69) is 4.99 Å². The molecular weight excluding hydrogens is 545 g/mol. The van der Waals surface area contributed by atoms with Gasteiger partial charge in [-0.2, -0.15) is 4.31 Å². The van der Waals surface area contributed by atoms with Crippen LogP contribution in [0.4, 0.5) is 24.5 Å². The van der Waals surface area contributed by atoms with E-state index in [9.17, 15) is 26.4 Å². The first-order valence-electron chi connectivity index (χ1n) is 12.8. The number of alkyl halides is 2. The van der Waals surface area contributed by atoms with E-state index in [1.54, 1.807) is 23.1 Å². The largest absolute Gasteiger partial charge is 0.433 e. The van der Waals surface area contributed by atoms with Gasteiger partial charge in [-0.25, -0.2) is 26.6 Å². The number of ether oxygens (including phenoxy) is 1. The number of aliphatic imine (C=N–C) groups is 1. The summed E-state index contributed by atoms with van der Waals surface area (Å²) in [6.07, 6.45) is 2.42. The van der Waals surface area contributed by atoms with Gasteiger partial charge < -0.3 is 15.4 Å². The highest BCUT2D eigenvalue weighted by atomic mass is 32.2. The van der Waals surface area contributed by atoms with Crippen molar-refractivity contribution in [2.24, 2.45) is 16.1 Å². The lowest BCUT2D eigenvalue weighted by Gasteiger charge is -2.44. The van der Waals surface area contributed by atoms with Crippen LogP contribution in [0.3, 0.4) is 0 Å². The van der Waals surface area contributed by atoms with Crippen molar-refractivity contribution in [2.75, 3.05) is 37.9 Å². The third-order valence-electron chi connectivity index (χ3n) is 7.63. The second-order valence-corrected chi connectivity index (χ2v) is 12.0. The quantitative estimate of drug-likeness (QED) is 0.520. The standard InChI is InChI=1S/C28H29F3N4O4S/c29-18-39-27(36)28-14-19(15-32)26(33-23-6-4-21(30)5-7-23)12-20(28)8-11-35(17-28)40(37,38)25-3-1-2-24(13-25)34-10-9-22(31)16-34/h1-7,12-13,15,22H,8-11,14,16-18,32H2/t22-,28+/m1/s1. The Bertz CT molecular complexity index is 1490. The van der Waals surface area contributed by atoms with Crippen molar-refractivity contribution in [3.05, 3.63) is 77.8 Å². The molecular formula is C28H29F3N4O4S. The Balaban J connectivity index is 1.50. The first kappa shape index (κ1) is 27.9. The van der Waals surface area contributed by atoms with Crippen LogP contribution in [0.1, 0.15) is 19.3 Å². The zero-order valence-electron chi connectivity index (χ0n) is 21.6. The predicted octanol–water partition coefficient (Wildman–Crippen LogP) is 4.17. The summed E-state index contributed by atoms with van der Waals surface area (Å²) in [5.41, 5.74) is 6.86. The van der Waals surface area contributed by atoms with Gasteiger partial charge in [0.2, 0.25) is 16.9 Å². The maximum Gasteiger partial charge on any atom is 0.320 e. The summed E-state index contributed by atoms with van der Waals surface area (Å²) < 4.78 is 74.0. The van der Waals surface area contributed by atoms with Crippen molar-refractivity contribution in [2.45, 2.75) is 30.3 Å². The number of piperidine rings is 1. The molecule has 0 unspecified atom stereocenters. The van der Waals surface area contributed by atoms with Crippen LogP contribution >= 0.6 is 0 Å². The Morgan fingerprint density at radius 2 is 1.98 bits per heavy atom. The molecule has 0 amide bonds. The number of benzene rings is 2. The number of hydrogen-bond acceptors (Lipinski definition) is 7. The molecule has 12 heteroatoms. The van der Waals surface area contributed by atoms with E-state index >= 15 is 0 Å². The summed E-state index contributed by atoms with van der Waals surface area (Å²) in [6.45, 7) is -0.926. The number of esters is 1. The van der Waals surface area contributed by atoms with Gasteiger partial charge in [0.05, 0.1) is 16.3 Å². The molecule has 0 saturated carbocycles. The highest BCUT2D eigenvalue weighted by Crippen LogP contribution is 2.46. The van der Waals surface area contributed by atoms with Gasteiger partial charge in [-0.15, -0.1) is 0 Å². The van der Waals surface area contributed by atoms with Crippen molar-refractivity contribution < 1.29 is 31.1 Å². The molecule has 0 spiro atoms. The molecule has 0 aromatic heterocycles. The molecule has 2 aromatic rings. The average molecular weight is 575 g/mol. The van der Waals surface area contributed by atoms with Crippen LogP contribution in [0.25, 0.3) is 0 Å². The zero-order valence-corrected chi connectivity index (χ0v) is 22.4.